The maximum atomic E-state index is 13.6. The quantitative estimate of drug-likeness (QED) is 0.0468. The third-order valence-corrected chi connectivity index (χ3v) is 22.2. The van der Waals surface area contributed by atoms with Gasteiger partial charge in [0.1, 0.15) is 66.0 Å². The van der Waals surface area contributed by atoms with Crippen LogP contribution >= 0.6 is 14.5 Å². The van der Waals surface area contributed by atoms with Crippen molar-refractivity contribution < 1.29 is 50.6 Å². The predicted octanol–water partition coefficient (Wildman–Crippen LogP) is 12.4. The van der Waals surface area contributed by atoms with Gasteiger partial charge in [0.2, 0.25) is 11.6 Å². The molecule has 0 amide bonds. The highest BCUT2D eigenvalue weighted by molar-refractivity contribution is 7.96. The third kappa shape index (κ3) is 15.1. The van der Waals surface area contributed by atoms with Gasteiger partial charge in [-0.25, -0.2) is 0 Å². The van der Waals surface area contributed by atoms with Gasteiger partial charge in [0, 0.05) is 11.1 Å². The lowest BCUT2D eigenvalue weighted by Crippen LogP contribution is -2.50. The Labute approximate surface area is 465 Å². The molecule has 0 radical (unpaired) electrons. The Morgan fingerprint density at radius 1 is 0.375 bits per heavy atom. The van der Waals surface area contributed by atoms with Gasteiger partial charge in [0.15, 0.2) is 0 Å². The number of halogens is 6. The van der Waals surface area contributed by atoms with Crippen molar-refractivity contribution in [3.8, 4) is 5.75 Å². The van der Waals surface area contributed by atoms with Crippen molar-refractivity contribution in [2.45, 2.75) is 53.9 Å². The molecule has 9 aromatic carbocycles. The van der Waals surface area contributed by atoms with E-state index in [0.717, 1.165) is 11.1 Å². The SMILES string of the molecule is Cc1ccc([P+](CC(=O)c2ccccc2)(c2ccc(C)cc2)c2ccc(C)cc2)cc1.Cc1ccc([P+](CC(=O)c2ccccc2)(c2ccc(C)cc2)c2ccc(C)cc2)cc1.[O-]B([O-])Oc1cc(C(F)(F)F)cc(C(F)(F)F)c1. The van der Waals surface area contributed by atoms with Gasteiger partial charge in [0.25, 0.3) is 0 Å². The van der Waals surface area contributed by atoms with Crippen LogP contribution in [-0.2, 0) is 12.4 Å². The maximum Gasteiger partial charge on any atom is 0.416 e. The molecule has 9 rings (SSSR count). The average Bonchev–Trinajstić information content (AvgIpc) is 3.43. The zero-order valence-corrected chi connectivity index (χ0v) is 46.8. The van der Waals surface area contributed by atoms with Crippen molar-refractivity contribution in [2.24, 2.45) is 0 Å². The highest BCUT2D eigenvalue weighted by Gasteiger charge is 2.49. The number of rotatable bonds is 14. The molecule has 0 unspecified atom stereocenters. The fourth-order valence-corrected chi connectivity index (χ4v) is 17.3. The fourth-order valence-electron chi connectivity index (χ4n) is 9.20. The van der Waals surface area contributed by atoms with E-state index < -0.39 is 51.1 Å². The van der Waals surface area contributed by atoms with Gasteiger partial charge in [-0.05, 0) is 133 Å². The van der Waals surface area contributed by atoms with Crippen molar-refractivity contribution in [2.75, 3.05) is 12.3 Å². The number of aryl methyl sites for hydroxylation is 6. The second-order valence-corrected chi connectivity index (χ2v) is 26.6. The van der Waals surface area contributed by atoms with Crippen LogP contribution in [0.1, 0.15) is 65.2 Å². The number of hydrogen-bond donors (Lipinski definition) is 0. The predicted molar refractivity (Wildman–Crippen MR) is 313 cm³/mol. The molecular weight excluding hydrogens is 1060 g/mol. The Hall–Kier alpha value is -7.46. The van der Waals surface area contributed by atoms with Gasteiger partial charge in [-0.1, -0.05) is 167 Å². The van der Waals surface area contributed by atoms with Crippen LogP contribution in [0.4, 0.5) is 26.3 Å². The van der Waals surface area contributed by atoms with E-state index in [0.29, 0.717) is 12.3 Å². The van der Waals surface area contributed by atoms with Gasteiger partial charge >= 0.3 is 12.4 Å². The van der Waals surface area contributed by atoms with E-state index >= 15 is 0 Å². The number of benzene rings is 9. The van der Waals surface area contributed by atoms with Gasteiger partial charge in [-0.2, -0.15) is 26.3 Å². The van der Waals surface area contributed by atoms with Crippen LogP contribution in [0.15, 0.2) is 224 Å². The smallest absolute Gasteiger partial charge is 0.416 e. The van der Waals surface area contributed by atoms with Crippen LogP contribution in [0.2, 0.25) is 0 Å². The van der Waals surface area contributed by atoms with Gasteiger partial charge in [-0.15, -0.1) is 0 Å². The molecule has 5 nitrogen and oxygen atoms in total. The third-order valence-electron chi connectivity index (χ3n) is 13.6. The highest BCUT2D eigenvalue weighted by Crippen LogP contribution is 2.57. The van der Waals surface area contributed by atoms with E-state index in [9.17, 15) is 46.0 Å². The van der Waals surface area contributed by atoms with Crippen molar-refractivity contribution in [3.05, 3.63) is 280 Å². The normalized spacial score (nSPS) is 11.6. The summed E-state index contributed by atoms with van der Waals surface area (Å²) in [6.45, 7) is 12.6. The minimum absolute atomic E-state index is 0.141. The lowest BCUT2D eigenvalue weighted by Gasteiger charge is -2.27. The molecule has 80 heavy (non-hydrogen) atoms. The molecule has 14 heteroatoms. The average molecular weight is 1120 g/mol. The maximum absolute atomic E-state index is 13.6. The largest absolute Gasteiger partial charge is 0.860 e. The zero-order valence-electron chi connectivity index (χ0n) is 45.1. The Balaban J connectivity index is 0.000000180. The molecule has 0 aliphatic heterocycles. The molecule has 0 atom stereocenters. The van der Waals surface area contributed by atoms with Crippen LogP contribution in [0.5, 0.6) is 5.75 Å². The van der Waals surface area contributed by atoms with Crippen molar-refractivity contribution >= 4 is 65.2 Å². The molecule has 408 valence electrons. The molecule has 0 bridgehead atoms. The minimum Gasteiger partial charge on any atom is -0.860 e. The number of carbonyl (C=O) groups excluding carboxylic acids is 2. The van der Waals surface area contributed by atoms with Crippen LogP contribution in [0.25, 0.3) is 0 Å². The number of Topliss-reactive ketones (excluding diaryl/α,β-unsaturated/α-hetero) is 2. The second-order valence-electron chi connectivity index (χ2n) is 19.7. The second kappa shape index (κ2) is 26.2. The molecule has 0 aromatic heterocycles. The van der Waals surface area contributed by atoms with E-state index in [-0.39, 0.29) is 29.8 Å². The Morgan fingerprint density at radius 2 is 0.600 bits per heavy atom. The summed E-state index contributed by atoms with van der Waals surface area (Å²) in [6, 6.07) is 72.2. The summed E-state index contributed by atoms with van der Waals surface area (Å²) in [6.07, 6.45) is -9.15. The number of alkyl halides is 6. The monoisotopic (exact) mass is 1120 g/mol. The molecule has 0 saturated heterocycles. The first-order valence-electron chi connectivity index (χ1n) is 25.6. The molecule has 9 aromatic rings. The van der Waals surface area contributed by atoms with Crippen molar-refractivity contribution in [1.82, 2.24) is 0 Å². The summed E-state index contributed by atoms with van der Waals surface area (Å²) in [5.41, 5.74) is 5.59. The van der Waals surface area contributed by atoms with E-state index in [4.69, 9.17) is 0 Å². The summed E-state index contributed by atoms with van der Waals surface area (Å²) >= 11 is 0. The zero-order chi connectivity index (χ0) is 57.8. The van der Waals surface area contributed by atoms with Gasteiger partial charge < -0.3 is 14.7 Å². The Bertz CT molecular complexity index is 3020. The standard InChI is InChI=1S/2C29H28OP.C8H3BF6O3/c2*1-22-9-15-26(16-10-22)31(27-17-11-23(2)12-18-27,28-19-13-24(3)14-20-28)21-29(30)25-7-5-4-6-8-25;10-7(11,12)4-1-5(8(13,14)15)3-6(2-4)18-9(16)17/h2*4-20H,21H2,1-3H3;1-3H/q2*+1;-2. The minimum atomic E-state index is -5.05. The first-order chi connectivity index (χ1) is 38.0. The van der Waals surface area contributed by atoms with E-state index in [2.05, 4.69) is 192 Å². The lowest BCUT2D eigenvalue weighted by molar-refractivity contribution is -0.372. The van der Waals surface area contributed by atoms with Crippen molar-refractivity contribution in [3.63, 3.8) is 0 Å². The summed E-state index contributed by atoms with van der Waals surface area (Å²) in [4.78, 5) is 27.2. The highest BCUT2D eigenvalue weighted by atomic mass is 31.2. The Morgan fingerprint density at radius 3 is 0.800 bits per heavy atom. The molecule has 0 aliphatic rings. The molecule has 0 aliphatic carbocycles. The molecule has 0 spiro atoms. The lowest BCUT2D eigenvalue weighted by atomic mass is 10.1. The van der Waals surface area contributed by atoms with Gasteiger partial charge in [-0.3, -0.25) is 9.59 Å². The van der Waals surface area contributed by atoms with Crippen molar-refractivity contribution in [1.29, 1.82) is 0 Å². The van der Waals surface area contributed by atoms with Crippen LogP contribution in [0.3, 0.4) is 0 Å². The number of hydrogen-bond acceptors (Lipinski definition) is 5. The van der Waals surface area contributed by atoms with E-state index in [1.165, 1.54) is 65.2 Å². The number of ketones is 2. The first-order valence-corrected chi connectivity index (χ1v) is 29.6. The summed E-state index contributed by atoms with van der Waals surface area (Å²) < 4.78 is 77.5. The van der Waals surface area contributed by atoms with Crippen LogP contribution in [-0.4, -0.2) is 31.2 Å². The van der Waals surface area contributed by atoms with Crippen LogP contribution < -0.4 is 46.5 Å². The molecule has 0 N–H and O–H groups in total. The van der Waals surface area contributed by atoms with Gasteiger partial charge in [0.05, 0.1) is 16.9 Å². The molecule has 0 saturated carbocycles. The van der Waals surface area contributed by atoms with Crippen LogP contribution in [0, 0.1) is 41.5 Å². The Kier molecular flexibility index (Phi) is 19.7. The van der Waals surface area contributed by atoms with E-state index in [1.807, 2.05) is 60.7 Å². The van der Waals surface area contributed by atoms with E-state index in [1.54, 1.807) is 0 Å². The molecular formula is C66H59BF6O5P2. The topological polar surface area (TPSA) is 89.5 Å². The number of carbonyl (C=O) groups is 2. The first kappa shape index (κ1) is 60.2. The summed E-state index contributed by atoms with van der Waals surface area (Å²) in [5, 5.41) is 27.6. The summed E-state index contributed by atoms with van der Waals surface area (Å²) in [7, 11) is -7.39. The fraction of sp³-hybridized carbons (Fsp3) is 0.152. The molecule has 0 heterocycles. The molecule has 0 fully saturated rings. The summed E-state index contributed by atoms with van der Waals surface area (Å²) in [5.74, 6) is -0.696.